The smallest absolute Gasteiger partial charge is 0.311 e. The third-order valence-corrected chi connectivity index (χ3v) is 3.87. The van der Waals surface area contributed by atoms with E-state index in [1.165, 1.54) is 6.20 Å². The van der Waals surface area contributed by atoms with Crippen molar-refractivity contribution >= 4 is 28.0 Å². The molecule has 0 spiro atoms. The SMILES string of the molecule is [C-]#[N+]c1ccc2ncc([N+](=O)[O-])c(NC3CC[C@H](F)C3)c2c1. The highest BCUT2D eigenvalue weighted by atomic mass is 19.1. The third kappa shape index (κ3) is 2.55. The van der Waals surface area contributed by atoms with Gasteiger partial charge in [-0.05, 0) is 31.4 Å². The van der Waals surface area contributed by atoms with Gasteiger partial charge in [0.1, 0.15) is 18.1 Å². The van der Waals surface area contributed by atoms with Crippen molar-refractivity contribution in [3.63, 3.8) is 0 Å². The van der Waals surface area contributed by atoms with E-state index in [1.54, 1.807) is 18.2 Å². The largest absolute Gasteiger partial charge is 0.376 e. The number of pyridine rings is 1. The summed E-state index contributed by atoms with van der Waals surface area (Å²) >= 11 is 0. The number of hydrogen-bond acceptors (Lipinski definition) is 4. The maximum Gasteiger partial charge on any atom is 0.311 e. The van der Waals surface area contributed by atoms with Crippen molar-refractivity contribution in [1.82, 2.24) is 4.98 Å². The van der Waals surface area contributed by atoms with Crippen molar-refractivity contribution < 1.29 is 9.31 Å². The molecule has 22 heavy (non-hydrogen) atoms. The third-order valence-electron chi connectivity index (χ3n) is 3.87. The van der Waals surface area contributed by atoms with Crippen LogP contribution in [0.15, 0.2) is 24.4 Å². The molecule has 1 aliphatic carbocycles. The van der Waals surface area contributed by atoms with Crippen molar-refractivity contribution in [1.29, 1.82) is 0 Å². The zero-order valence-electron chi connectivity index (χ0n) is 11.6. The minimum absolute atomic E-state index is 0.143. The van der Waals surface area contributed by atoms with Crippen LogP contribution in [0.4, 0.5) is 21.5 Å². The summed E-state index contributed by atoms with van der Waals surface area (Å²) in [7, 11) is 0. The van der Waals surface area contributed by atoms with Crippen LogP contribution < -0.4 is 5.32 Å². The molecular formula is C15H13FN4O2. The fraction of sp³-hybridized carbons (Fsp3) is 0.333. The lowest BCUT2D eigenvalue weighted by atomic mass is 10.1. The Bertz CT molecular complexity index is 787. The fourth-order valence-corrected chi connectivity index (χ4v) is 2.79. The first-order chi connectivity index (χ1) is 10.6. The van der Waals surface area contributed by atoms with Crippen LogP contribution in [0.2, 0.25) is 0 Å². The highest BCUT2D eigenvalue weighted by Gasteiger charge is 2.27. The Morgan fingerprint density at radius 2 is 2.27 bits per heavy atom. The number of nitrogens with zero attached hydrogens (tertiary/aromatic N) is 3. The van der Waals surface area contributed by atoms with Gasteiger partial charge in [0.2, 0.25) is 0 Å². The molecule has 3 rings (SSSR count). The van der Waals surface area contributed by atoms with Crippen molar-refractivity contribution in [3.8, 4) is 0 Å². The Morgan fingerprint density at radius 1 is 1.45 bits per heavy atom. The molecule has 2 atom stereocenters. The van der Waals surface area contributed by atoms with Crippen LogP contribution in [0, 0.1) is 16.7 Å². The number of benzene rings is 1. The van der Waals surface area contributed by atoms with Crippen LogP contribution in [-0.4, -0.2) is 22.1 Å². The minimum Gasteiger partial charge on any atom is -0.376 e. The number of rotatable bonds is 3. The van der Waals surface area contributed by atoms with E-state index in [9.17, 15) is 14.5 Å². The Labute approximate surface area is 125 Å². The van der Waals surface area contributed by atoms with Gasteiger partial charge in [-0.2, -0.15) is 0 Å². The Kier molecular flexibility index (Phi) is 3.59. The monoisotopic (exact) mass is 300 g/mol. The zero-order valence-corrected chi connectivity index (χ0v) is 11.6. The van der Waals surface area contributed by atoms with Gasteiger partial charge in [0, 0.05) is 11.4 Å². The standard InChI is InChI=1S/C15H13FN4O2/c1-17-10-4-5-13-12(7-10)15(14(8-18-13)20(21)22)19-11-3-2-9(16)6-11/h4-5,7-9,11H,2-3,6H2,(H,18,19)/t9-,11?/m0/s1. The second-order valence-electron chi connectivity index (χ2n) is 5.34. The molecule has 0 amide bonds. The van der Waals surface area contributed by atoms with E-state index in [4.69, 9.17) is 6.57 Å². The summed E-state index contributed by atoms with van der Waals surface area (Å²) in [6, 6.07) is 4.71. The molecule has 1 aromatic heterocycles. The second-order valence-corrected chi connectivity index (χ2v) is 5.34. The number of alkyl halides is 1. The van der Waals surface area contributed by atoms with Crippen LogP contribution in [0.25, 0.3) is 15.7 Å². The van der Waals surface area contributed by atoms with Crippen LogP contribution in [0.3, 0.4) is 0 Å². The lowest BCUT2D eigenvalue weighted by Crippen LogP contribution is -2.17. The molecule has 2 aromatic rings. The van der Waals surface area contributed by atoms with E-state index in [1.807, 2.05) is 0 Å². The van der Waals surface area contributed by atoms with Gasteiger partial charge in [-0.25, -0.2) is 14.2 Å². The molecule has 0 saturated heterocycles. The molecule has 0 bridgehead atoms. The molecule has 1 unspecified atom stereocenters. The molecule has 0 radical (unpaired) electrons. The van der Waals surface area contributed by atoms with E-state index in [-0.39, 0.29) is 11.7 Å². The predicted molar refractivity (Wildman–Crippen MR) is 80.8 cm³/mol. The van der Waals surface area contributed by atoms with Gasteiger partial charge >= 0.3 is 5.69 Å². The first kappa shape index (κ1) is 14.2. The Balaban J connectivity index is 2.12. The van der Waals surface area contributed by atoms with Gasteiger partial charge in [0.05, 0.1) is 17.0 Å². The van der Waals surface area contributed by atoms with E-state index < -0.39 is 11.1 Å². The van der Waals surface area contributed by atoms with Gasteiger partial charge in [-0.15, -0.1) is 0 Å². The average Bonchev–Trinajstić information content (AvgIpc) is 2.92. The van der Waals surface area contributed by atoms with Gasteiger partial charge in [0.15, 0.2) is 5.69 Å². The first-order valence-electron chi connectivity index (χ1n) is 6.93. The van der Waals surface area contributed by atoms with Crippen molar-refractivity contribution in [3.05, 3.63) is 45.9 Å². The van der Waals surface area contributed by atoms with E-state index in [2.05, 4.69) is 15.1 Å². The summed E-state index contributed by atoms with van der Waals surface area (Å²) in [5.74, 6) is 0. The normalized spacial score (nSPS) is 20.7. The summed E-state index contributed by atoms with van der Waals surface area (Å²) in [4.78, 5) is 18.2. The highest BCUT2D eigenvalue weighted by Crippen LogP contribution is 2.36. The molecule has 1 aliphatic rings. The van der Waals surface area contributed by atoms with E-state index in [0.717, 1.165) is 0 Å². The molecule has 112 valence electrons. The molecule has 1 saturated carbocycles. The fourth-order valence-electron chi connectivity index (χ4n) is 2.79. The van der Waals surface area contributed by atoms with Gasteiger partial charge < -0.3 is 5.32 Å². The van der Waals surface area contributed by atoms with Crippen molar-refractivity contribution in [2.24, 2.45) is 0 Å². The van der Waals surface area contributed by atoms with Crippen LogP contribution in [-0.2, 0) is 0 Å². The Hall–Kier alpha value is -2.75. The maximum absolute atomic E-state index is 13.3. The quantitative estimate of drug-likeness (QED) is 0.528. The minimum atomic E-state index is -0.872. The lowest BCUT2D eigenvalue weighted by molar-refractivity contribution is -0.384. The zero-order chi connectivity index (χ0) is 15.7. The summed E-state index contributed by atoms with van der Waals surface area (Å²) in [5, 5.41) is 14.9. The molecule has 7 heteroatoms. The molecule has 6 nitrogen and oxygen atoms in total. The lowest BCUT2D eigenvalue weighted by Gasteiger charge is -2.15. The van der Waals surface area contributed by atoms with E-state index in [0.29, 0.717) is 41.5 Å². The van der Waals surface area contributed by atoms with Gasteiger partial charge in [0.25, 0.3) is 0 Å². The van der Waals surface area contributed by atoms with Crippen molar-refractivity contribution in [2.45, 2.75) is 31.5 Å². The van der Waals surface area contributed by atoms with Gasteiger partial charge in [-0.1, -0.05) is 6.07 Å². The second kappa shape index (κ2) is 5.56. The maximum atomic E-state index is 13.3. The summed E-state index contributed by atoms with van der Waals surface area (Å²) in [6.07, 6.45) is 1.75. The highest BCUT2D eigenvalue weighted by molar-refractivity contribution is 5.97. The number of aromatic nitrogens is 1. The average molecular weight is 300 g/mol. The molecule has 1 fully saturated rings. The van der Waals surface area contributed by atoms with Crippen LogP contribution in [0.5, 0.6) is 0 Å². The van der Waals surface area contributed by atoms with E-state index >= 15 is 0 Å². The number of nitrogens with one attached hydrogen (secondary N) is 1. The summed E-state index contributed by atoms with van der Waals surface area (Å²) in [6.45, 7) is 7.08. The van der Waals surface area contributed by atoms with Crippen LogP contribution in [0.1, 0.15) is 19.3 Å². The predicted octanol–water partition coefficient (Wildman–Crippen LogP) is 4.00. The number of halogens is 1. The molecule has 1 N–H and O–H groups in total. The number of fused-ring (bicyclic) bond motifs is 1. The summed E-state index contributed by atoms with van der Waals surface area (Å²) < 4.78 is 13.3. The van der Waals surface area contributed by atoms with Crippen molar-refractivity contribution in [2.75, 3.05) is 5.32 Å². The first-order valence-corrected chi connectivity index (χ1v) is 6.93. The molecule has 0 aliphatic heterocycles. The number of nitro groups is 1. The topological polar surface area (TPSA) is 72.4 Å². The van der Waals surface area contributed by atoms with Crippen LogP contribution >= 0.6 is 0 Å². The molecule has 1 heterocycles. The van der Waals surface area contributed by atoms with Gasteiger partial charge in [-0.3, -0.25) is 10.1 Å². The number of anilines is 1. The number of hydrogen-bond donors (Lipinski definition) is 1. The molecular weight excluding hydrogens is 287 g/mol. The summed E-state index contributed by atoms with van der Waals surface area (Å²) in [5.41, 5.74) is 1.11. The Morgan fingerprint density at radius 3 is 2.91 bits per heavy atom. The molecule has 1 aromatic carbocycles.